The van der Waals surface area contributed by atoms with Crippen molar-refractivity contribution in [3.05, 3.63) is 83.8 Å². The quantitative estimate of drug-likeness (QED) is 0.312. The van der Waals surface area contributed by atoms with Crippen molar-refractivity contribution in [3.8, 4) is 28.4 Å². The Balaban J connectivity index is 1.82. The third-order valence-corrected chi connectivity index (χ3v) is 4.79. The molecule has 0 saturated carbocycles. The van der Waals surface area contributed by atoms with Gasteiger partial charge in [0.2, 0.25) is 0 Å². The predicted octanol–water partition coefficient (Wildman–Crippen LogP) is 5.36. The van der Waals surface area contributed by atoms with Crippen LogP contribution in [0.4, 0.5) is 5.69 Å². The molecule has 2 aromatic heterocycles. The number of nitrogens with zero attached hydrogens (tertiary/aromatic N) is 4. The first-order valence-corrected chi connectivity index (χ1v) is 9.59. The van der Waals surface area contributed by atoms with Gasteiger partial charge in [0.05, 0.1) is 19.9 Å². The number of halogens is 1. The highest BCUT2D eigenvalue weighted by Gasteiger charge is 2.14. The Labute approximate surface area is 179 Å². The van der Waals surface area contributed by atoms with Crippen molar-refractivity contribution in [2.24, 2.45) is 4.99 Å². The van der Waals surface area contributed by atoms with E-state index in [-0.39, 0.29) is 0 Å². The number of ether oxygens (including phenoxy) is 2. The summed E-state index contributed by atoms with van der Waals surface area (Å²) in [5, 5.41) is 5.14. The molecule has 0 spiro atoms. The van der Waals surface area contributed by atoms with Crippen LogP contribution in [0.2, 0.25) is 5.15 Å². The minimum atomic E-state index is 0.344. The molecule has 0 fully saturated rings. The summed E-state index contributed by atoms with van der Waals surface area (Å²) < 4.78 is 12.6. The number of benzene rings is 2. The summed E-state index contributed by atoms with van der Waals surface area (Å²) in [4.78, 5) is 8.58. The largest absolute Gasteiger partial charge is 0.493 e. The second-order valence-corrected chi connectivity index (χ2v) is 6.71. The molecule has 0 bridgehead atoms. The summed E-state index contributed by atoms with van der Waals surface area (Å²) in [6, 6.07) is 19.2. The van der Waals surface area contributed by atoms with Crippen LogP contribution < -0.4 is 9.47 Å². The lowest BCUT2D eigenvalue weighted by molar-refractivity contribution is 0.355. The van der Waals surface area contributed by atoms with E-state index in [0.717, 1.165) is 22.5 Å². The van der Waals surface area contributed by atoms with E-state index < -0.39 is 0 Å². The van der Waals surface area contributed by atoms with Gasteiger partial charge in [0.25, 0.3) is 0 Å². The second-order valence-electron chi connectivity index (χ2n) is 6.35. The van der Waals surface area contributed by atoms with Crippen LogP contribution in [0.5, 0.6) is 11.5 Å². The van der Waals surface area contributed by atoms with E-state index in [9.17, 15) is 0 Å². The first-order valence-electron chi connectivity index (χ1n) is 9.21. The molecule has 0 unspecified atom stereocenters. The van der Waals surface area contributed by atoms with E-state index in [1.165, 1.54) is 0 Å². The lowest BCUT2D eigenvalue weighted by atomic mass is 10.1. The summed E-state index contributed by atoms with van der Waals surface area (Å²) in [5.41, 5.74) is 3.99. The van der Waals surface area contributed by atoms with Crippen LogP contribution in [0, 0.1) is 0 Å². The molecule has 0 aliphatic carbocycles. The second kappa shape index (κ2) is 8.80. The van der Waals surface area contributed by atoms with Gasteiger partial charge in [-0.25, -0.2) is 9.67 Å². The molecule has 0 aliphatic heterocycles. The lowest BCUT2D eigenvalue weighted by Crippen LogP contribution is -1.95. The number of aliphatic imine (C=N–C) groups is 1. The maximum absolute atomic E-state index is 6.15. The van der Waals surface area contributed by atoms with Gasteiger partial charge in [-0.3, -0.25) is 4.99 Å². The fourth-order valence-corrected chi connectivity index (χ4v) is 3.18. The highest BCUT2D eigenvalue weighted by atomic mass is 35.5. The summed E-state index contributed by atoms with van der Waals surface area (Å²) in [6.45, 7) is 0. The molecule has 4 aromatic rings. The molecule has 0 aliphatic rings. The standard InChI is InChI=1S/C23H19ClN4O2/c1-29-20-11-10-16(13-21(20)30-2)22-17(14-26-19-9-6-12-25-23(19)24)15-28(27-22)18-7-4-3-5-8-18/h3-15H,1-2H3. The van der Waals surface area contributed by atoms with Gasteiger partial charge in [-0.05, 0) is 42.5 Å². The monoisotopic (exact) mass is 418 g/mol. The zero-order chi connectivity index (χ0) is 20.9. The Morgan fingerprint density at radius 3 is 2.50 bits per heavy atom. The Bertz CT molecular complexity index is 1190. The highest BCUT2D eigenvalue weighted by molar-refractivity contribution is 6.31. The number of aromatic nitrogens is 3. The van der Waals surface area contributed by atoms with Crippen molar-refractivity contribution in [2.75, 3.05) is 14.2 Å². The lowest BCUT2D eigenvalue weighted by Gasteiger charge is -2.09. The molecule has 6 nitrogen and oxygen atoms in total. The average molecular weight is 419 g/mol. The molecule has 0 N–H and O–H groups in total. The summed E-state index contributed by atoms with van der Waals surface area (Å²) >= 11 is 6.15. The third kappa shape index (κ3) is 4.04. The van der Waals surface area contributed by atoms with Crippen molar-refractivity contribution < 1.29 is 9.47 Å². The van der Waals surface area contributed by atoms with Crippen molar-refractivity contribution in [2.45, 2.75) is 0 Å². The molecule has 0 amide bonds. The maximum atomic E-state index is 6.15. The van der Waals surface area contributed by atoms with E-state index in [1.54, 1.807) is 32.7 Å². The van der Waals surface area contributed by atoms with Crippen molar-refractivity contribution in [1.82, 2.24) is 14.8 Å². The number of hydrogen-bond acceptors (Lipinski definition) is 5. The van der Waals surface area contributed by atoms with Gasteiger partial charge >= 0.3 is 0 Å². The summed E-state index contributed by atoms with van der Waals surface area (Å²) in [5.74, 6) is 1.28. The SMILES string of the molecule is COc1ccc(-c2nn(-c3ccccc3)cc2C=Nc2cccnc2Cl)cc1OC. The average Bonchev–Trinajstić information content (AvgIpc) is 3.23. The van der Waals surface area contributed by atoms with Gasteiger partial charge in [-0.1, -0.05) is 29.8 Å². The number of hydrogen-bond donors (Lipinski definition) is 0. The van der Waals surface area contributed by atoms with Crippen molar-refractivity contribution in [1.29, 1.82) is 0 Å². The normalized spacial score (nSPS) is 11.0. The van der Waals surface area contributed by atoms with Crippen molar-refractivity contribution in [3.63, 3.8) is 0 Å². The topological polar surface area (TPSA) is 61.5 Å². The Hall–Kier alpha value is -3.64. The van der Waals surface area contributed by atoms with Crippen molar-refractivity contribution >= 4 is 23.5 Å². The molecule has 0 radical (unpaired) electrons. The van der Waals surface area contributed by atoms with Crippen LogP contribution in [0.25, 0.3) is 16.9 Å². The number of rotatable bonds is 6. The van der Waals surface area contributed by atoms with Crippen LogP contribution >= 0.6 is 11.6 Å². The summed E-state index contributed by atoms with van der Waals surface area (Å²) in [7, 11) is 3.22. The van der Waals surface area contributed by atoms with Gasteiger partial charge in [0, 0.05) is 29.7 Å². The zero-order valence-corrected chi connectivity index (χ0v) is 17.2. The van der Waals surface area contributed by atoms with E-state index in [4.69, 9.17) is 26.2 Å². The van der Waals surface area contributed by atoms with Gasteiger partial charge in [0.1, 0.15) is 11.4 Å². The Morgan fingerprint density at radius 2 is 1.77 bits per heavy atom. The van der Waals surface area contributed by atoms with E-state index >= 15 is 0 Å². The molecule has 0 atom stereocenters. The first-order chi connectivity index (χ1) is 14.7. The highest BCUT2D eigenvalue weighted by Crippen LogP contribution is 2.33. The fourth-order valence-electron chi connectivity index (χ4n) is 3.02. The minimum Gasteiger partial charge on any atom is -0.493 e. The Morgan fingerprint density at radius 1 is 0.967 bits per heavy atom. The number of pyridine rings is 1. The predicted molar refractivity (Wildman–Crippen MR) is 119 cm³/mol. The maximum Gasteiger partial charge on any atom is 0.161 e. The van der Waals surface area contributed by atoms with E-state index in [0.29, 0.717) is 22.3 Å². The molecule has 30 heavy (non-hydrogen) atoms. The molecule has 2 aromatic carbocycles. The fraction of sp³-hybridized carbons (Fsp3) is 0.0870. The van der Waals surface area contributed by atoms with E-state index in [2.05, 4.69) is 9.98 Å². The molecule has 2 heterocycles. The number of methoxy groups -OCH3 is 2. The van der Waals surface area contributed by atoms with Crippen LogP contribution in [-0.4, -0.2) is 35.2 Å². The summed E-state index contributed by atoms with van der Waals surface area (Å²) in [6.07, 6.45) is 5.29. The third-order valence-electron chi connectivity index (χ3n) is 4.50. The van der Waals surface area contributed by atoms with Gasteiger partial charge in [0.15, 0.2) is 16.7 Å². The minimum absolute atomic E-state index is 0.344. The Kier molecular flexibility index (Phi) is 5.77. The molecular weight excluding hydrogens is 400 g/mol. The molecule has 0 saturated heterocycles. The number of para-hydroxylation sites is 1. The smallest absolute Gasteiger partial charge is 0.161 e. The molecular formula is C23H19ClN4O2. The van der Waals surface area contributed by atoms with Crippen LogP contribution in [0.15, 0.2) is 78.0 Å². The zero-order valence-electron chi connectivity index (χ0n) is 16.5. The molecule has 4 rings (SSSR count). The van der Waals surface area contributed by atoms with Crippen LogP contribution in [-0.2, 0) is 0 Å². The van der Waals surface area contributed by atoms with Crippen LogP contribution in [0.1, 0.15) is 5.56 Å². The van der Waals surface area contributed by atoms with Gasteiger partial charge in [-0.2, -0.15) is 5.10 Å². The van der Waals surface area contributed by atoms with Crippen LogP contribution in [0.3, 0.4) is 0 Å². The van der Waals surface area contributed by atoms with E-state index in [1.807, 2.05) is 65.5 Å². The molecule has 7 heteroatoms. The van der Waals surface area contributed by atoms with Gasteiger partial charge in [-0.15, -0.1) is 0 Å². The first kappa shape index (κ1) is 19.7. The molecule has 150 valence electrons. The van der Waals surface area contributed by atoms with Gasteiger partial charge < -0.3 is 9.47 Å².